The molecule has 3 heteroatoms. The molecule has 1 aromatic rings. The van der Waals surface area contributed by atoms with Gasteiger partial charge in [-0.25, -0.2) is 0 Å². The largest absolute Gasteiger partial charge is 0.497 e. The molecular formula is C13H18O3. The Hall–Kier alpha value is -1.35. The van der Waals surface area contributed by atoms with Crippen molar-refractivity contribution in [3.63, 3.8) is 0 Å². The summed E-state index contributed by atoms with van der Waals surface area (Å²) >= 11 is 0. The Kier molecular flexibility index (Phi) is 4.99. The van der Waals surface area contributed by atoms with E-state index in [1.165, 1.54) is 12.5 Å². The van der Waals surface area contributed by atoms with E-state index in [1.807, 2.05) is 24.3 Å². The van der Waals surface area contributed by atoms with Gasteiger partial charge in [0.15, 0.2) is 5.78 Å². The Labute approximate surface area is 96.1 Å². The Morgan fingerprint density at radius 3 is 2.50 bits per heavy atom. The van der Waals surface area contributed by atoms with Gasteiger partial charge in [0.25, 0.3) is 0 Å². The van der Waals surface area contributed by atoms with E-state index in [0.29, 0.717) is 6.42 Å². The van der Waals surface area contributed by atoms with Crippen molar-refractivity contribution in [2.45, 2.75) is 32.3 Å². The first-order valence-electron chi connectivity index (χ1n) is 5.47. The molecule has 0 aliphatic heterocycles. The van der Waals surface area contributed by atoms with Crippen molar-refractivity contribution in [1.82, 2.24) is 0 Å². The lowest BCUT2D eigenvalue weighted by atomic mass is 10.0. The summed E-state index contributed by atoms with van der Waals surface area (Å²) in [6.07, 6.45) is 1.22. The zero-order valence-corrected chi connectivity index (χ0v) is 9.77. The SMILES string of the molecule is COc1ccc(CCCC(=O)C(C)O)cc1. The van der Waals surface area contributed by atoms with Crippen LogP contribution in [0.5, 0.6) is 5.75 Å². The molecule has 1 aromatic carbocycles. The van der Waals surface area contributed by atoms with Crippen molar-refractivity contribution in [3.05, 3.63) is 29.8 Å². The molecule has 3 nitrogen and oxygen atoms in total. The van der Waals surface area contributed by atoms with Crippen LogP contribution in [0.4, 0.5) is 0 Å². The molecule has 1 unspecified atom stereocenters. The molecule has 88 valence electrons. The highest BCUT2D eigenvalue weighted by Gasteiger charge is 2.07. The molecule has 0 amide bonds. The number of aryl methyl sites for hydroxylation is 1. The number of carbonyl (C=O) groups is 1. The molecule has 0 saturated carbocycles. The fraction of sp³-hybridized carbons (Fsp3) is 0.462. The van der Waals surface area contributed by atoms with Crippen molar-refractivity contribution in [3.8, 4) is 5.75 Å². The number of ether oxygens (including phenoxy) is 1. The van der Waals surface area contributed by atoms with E-state index < -0.39 is 6.10 Å². The second kappa shape index (κ2) is 6.28. The summed E-state index contributed by atoms with van der Waals surface area (Å²) in [5, 5.41) is 9.02. The van der Waals surface area contributed by atoms with Crippen LogP contribution < -0.4 is 4.74 Å². The van der Waals surface area contributed by atoms with Crippen molar-refractivity contribution < 1.29 is 14.6 Å². The molecule has 0 saturated heterocycles. The molecule has 0 fully saturated rings. The van der Waals surface area contributed by atoms with Gasteiger partial charge in [0.05, 0.1) is 7.11 Å². The minimum absolute atomic E-state index is 0.0893. The molecule has 0 bridgehead atoms. The van der Waals surface area contributed by atoms with E-state index in [1.54, 1.807) is 7.11 Å². The third kappa shape index (κ3) is 4.03. The van der Waals surface area contributed by atoms with Crippen LogP contribution in [0.1, 0.15) is 25.3 Å². The quantitative estimate of drug-likeness (QED) is 0.800. The topological polar surface area (TPSA) is 46.5 Å². The highest BCUT2D eigenvalue weighted by Crippen LogP contribution is 2.13. The van der Waals surface area contributed by atoms with Crippen LogP contribution in [0, 0.1) is 0 Å². The van der Waals surface area contributed by atoms with E-state index in [4.69, 9.17) is 9.84 Å². The zero-order valence-electron chi connectivity index (χ0n) is 9.77. The lowest BCUT2D eigenvalue weighted by molar-refractivity contribution is -0.126. The number of benzene rings is 1. The van der Waals surface area contributed by atoms with Crippen molar-refractivity contribution in [2.75, 3.05) is 7.11 Å². The van der Waals surface area contributed by atoms with E-state index in [-0.39, 0.29) is 5.78 Å². The molecule has 0 aliphatic carbocycles. The molecule has 0 spiro atoms. The summed E-state index contributed by atoms with van der Waals surface area (Å²) in [6.45, 7) is 1.51. The van der Waals surface area contributed by atoms with Gasteiger partial charge >= 0.3 is 0 Å². The van der Waals surface area contributed by atoms with E-state index in [2.05, 4.69) is 0 Å². The number of ketones is 1. The highest BCUT2D eigenvalue weighted by molar-refractivity contribution is 5.82. The lowest BCUT2D eigenvalue weighted by Crippen LogP contribution is -2.15. The maximum atomic E-state index is 11.2. The van der Waals surface area contributed by atoms with Crippen LogP contribution in [-0.2, 0) is 11.2 Å². The predicted molar refractivity (Wildman–Crippen MR) is 62.6 cm³/mol. The first-order valence-corrected chi connectivity index (χ1v) is 5.47. The number of carbonyl (C=O) groups excluding carboxylic acids is 1. The third-order valence-electron chi connectivity index (χ3n) is 2.51. The number of hydrogen-bond acceptors (Lipinski definition) is 3. The second-order valence-electron chi connectivity index (χ2n) is 3.84. The maximum Gasteiger partial charge on any atom is 0.160 e. The Morgan fingerprint density at radius 2 is 2.00 bits per heavy atom. The van der Waals surface area contributed by atoms with Gasteiger partial charge < -0.3 is 9.84 Å². The molecule has 1 rings (SSSR count). The molecule has 1 atom stereocenters. The number of rotatable bonds is 6. The average Bonchev–Trinajstić information content (AvgIpc) is 2.29. The third-order valence-corrected chi connectivity index (χ3v) is 2.51. The first-order chi connectivity index (χ1) is 7.63. The second-order valence-corrected chi connectivity index (χ2v) is 3.84. The summed E-state index contributed by atoms with van der Waals surface area (Å²) in [5.41, 5.74) is 1.18. The van der Waals surface area contributed by atoms with Gasteiger partial charge in [-0.3, -0.25) is 4.79 Å². The molecule has 0 aromatic heterocycles. The molecule has 0 aliphatic rings. The van der Waals surface area contributed by atoms with Gasteiger partial charge in [-0.2, -0.15) is 0 Å². The lowest BCUT2D eigenvalue weighted by Gasteiger charge is -2.04. The van der Waals surface area contributed by atoms with Gasteiger partial charge in [-0.15, -0.1) is 0 Å². The summed E-state index contributed by atoms with van der Waals surface area (Å²) in [7, 11) is 1.64. The van der Waals surface area contributed by atoms with Gasteiger partial charge in [0, 0.05) is 6.42 Å². The van der Waals surface area contributed by atoms with Crippen LogP contribution in [0.15, 0.2) is 24.3 Å². The van der Waals surface area contributed by atoms with E-state index >= 15 is 0 Å². The number of hydrogen-bond donors (Lipinski definition) is 1. The van der Waals surface area contributed by atoms with Gasteiger partial charge in [-0.05, 0) is 37.5 Å². The average molecular weight is 222 g/mol. The zero-order chi connectivity index (χ0) is 12.0. The van der Waals surface area contributed by atoms with E-state index in [0.717, 1.165) is 18.6 Å². The number of aliphatic hydroxyl groups excluding tert-OH is 1. The monoisotopic (exact) mass is 222 g/mol. The molecule has 16 heavy (non-hydrogen) atoms. The highest BCUT2D eigenvalue weighted by atomic mass is 16.5. The number of methoxy groups -OCH3 is 1. The van der Waals surface area contributed by atoms with Crippen LogP contribution in [0.3, 0.4) is 0 Å². The smallest absolute Gasteiger partial charge is 0.160 e. The van der Waals surface area contributed by atoms with Gasteiger partial charge in [-0.1, -0.05) is 12.1 Å². The minimum atomic E-state index is -0.837. The van der Waals surface area contributed by atoms with Crippen LogP contribution in [0.2, 0.25) is 0 Å². The van der Waals surface area contributed by atoms with Crippen LogP contribution >= 0.6 is 0 Å². The first kappa shape index (κ1) is 12.7. The maximum absolute atomic E-state index is 11.2. The molecule has 0 radical (unpaired) electrons. The molecule has 1 N–H and O–H groups in total. The van der Waals surface area contributed by atoms with Gasteiger partial charge in [0.2, 0.25) is 0 Å². The van der Waals surface area contributed by atoms with Crippen LogP contribution in [0.25, 0.3) is 0 Å². The number of Topliss-reactive ketones (excluding diaryl/α,β-unsaturated/α-hetero) is 1. The number of aliphatic hydroxyl groups is 1. The predicted octanol–water partition coefficient (Wildman–Crippen LogP) is 1.97. The Morgan fingerprint density at radius 1 is 1.38 bits per heavy atom. The fourth-order valence-corrected chi connectivity index (χ4v) is 1.47. The Bertz CT molecular complexity index is 328. The summed E-state index contributed by atoms with van der Waals surface area (Å²) in [5.74, 6) is 0.748. The summed E-state index contributed by atoms with van der Waals surface area (Å²) in [6, 6.07) is 7.80. The fourth-order valence-electron chi connectivity index (χ4n) is 1.47. The van der Waals surface area contributed by atoms with Crippen molar-refractivity contribution >= 4 is 5.78 Å². The van der Waals surface area contributed by atoms with E-state index in [9.17, 15) is 4.79 Å². The van der Waals surface area contributed by atoms with Crippen molar-refractivity contribution in [1.29, 1.82) is 0 Å². The summed E-state index contributed by atoms with van der Waals surface area (Å²) in [4.78, 5) is 11.2. The molecular weight excluding hydrogens is 204 g/mol. The van der Waals surface area contributed by atoms with Gasteiger partial charge in [0.1, 0.15) is 11.9 Å². The standard InChI is InChI=1S/C13H18O3/c1-10(14)13(15)5-3-4-11-6-8-12(16-2)9-7-11/h6-10,14H,3-5H2,1-2H3. The Balaban J connectivity index is 2.34. The summed E-state index contributed by atoms with van der Waals surface area (Å²) < 4.78 is 5.06. The normalized spacial score (nSPS) is 12.2. The minimum Gasteiger partial charge on any atom is -0.497 e. The van der Waals surface area contributed by atoms with Crippen LogP contribution in [-0.4, -0.2) is 24.1 Å². The van der Waals surface area contributed by atoms with Crippen molar-refractivity contribution in [2.24, 2.45) is 0 Å². The molecule has 0 heterocycles.